The Morgan fingerprint density at radius 1 is 1.33 bits per heavy atom. The van der Waals surface area contributed by atoms with E-state index in [1.807, 2.05) is 36.6 Å². The molecular formula is C14H21NO2S. The minimum atomic E-state index is 0.0150. The molecule has 1 aromatic rings. The highest BCUT2D eigenvalue weighted by Crippen LogP contribution is 2.08. The first-order valence-electron chi connectivity index (χ1n) is 6.19. The lowest BCUT2D eigenvalue weighted by molar-refractivity contribution is -0.132. The van der Waals surface area contributed by atoms with Gasteiger partial charge in [0.15, 0.2) is 0 Å². The number of hydrogen-bond acceptors (Lipinski definition) is 3. The summed E-state index contributed by atoms with van der Waals surface area (Å²) in [6, 6.07) is 9.88. The number of rotatable bonds is 8. The second-order valence-corrected chi connectivity index (χ2v) is 5.11. The Morgan fingerprint density at radius 3 is 2.67 bits per heavy atom. The minimum Gasteiger partial charge on any atom is -0.395 e. The number of hydrogen-bond donors (Lipinski definition) is 1. The van der Waals surface area contributed by atoms with Crippen molar-refractivity contribution in [3.8, 4) is 0 Å². The lowest BCUT2D eigenvalue weighted by Gasteiger charge is -2.22. The van der Waals surface area contributed by atoms with Crippen LogP contribution in [0.1, 0.15) is 18.4 Å². The maximum Gasteiger partial charge on any atom is 0.222 e. The van der Waals surface area contributed by atoms with Crippen LogP contribution in [0, 0.1) is 0 Å². The smallest absolute Gasteiger partial charge is 0.222 e. The standard InChI is InChI=1S/C14H21NO2S/c1-18-11-5-8-14(17)15(9-10-16)12-13-6-3-2-4-7-13/h2-4,6-7,16H,5,8-12H2,1H3. The molecule has 0 bridgehead atoms. The zero-order chi connectivity index (χ0) is 13.2. The zero-order valence-corrected chi connectivity index (χ0v) is 11.7. The van der Waals surface area contributed by atoms with Crippen molar-refractivity contribution in [3.05, 3.63) is 35.9 Å². The minimum absolute atomic E-state index is 0.0150. The Balaban J connectivity index is 2.50. The third kappa shape index (κ3) is 5.56. The number of aliphatic hydroxyl groups is 1. The predicted octanol–water partition coefficient (Wildman–Crippen LogP) is 2.15. The molecule has 0 aromatic heterocycles. The molecule has 0 spiro atoms. The summed E-state index contributed by atoms with van der Waals surface area (Å²) in [5, 5.41) is 9.04. The molecule has 0 unspecified atom stereocenters. The number of carbonyl (C=O) groups excluding carboxylic acids is 1. The highest BCUT2D eigenvalue weighted by molar-refractivity contribution is 7.98. The van der Waals surface area contributed by atoms with E-state index in [0.29, 0.717) is 19.5 Å². The normalized spacial score (nSPS) is 10.3. The van der Waals surface area contributed by atoms with Gasteiger partial charge in [-0.15, -0.1) is 0 Å². The molecule has 0 atom stereocenters. The van der Waals surface area contributed by atoms with Crippen molar-refractivity contribution in [2.75, 3.05) is 25.2 Å². The summed E-state index contributed by atoms with van der Waals surface area (Å²) in [5.41, 5.74) is 1.10. The number of thioether (sulfide) groups is 1. The van der Waals surface area contributed by atoms with Crippen LogP contribution in [0.2, 0.25) is 0 Å². The highest BCUT2D eigenvalue weighted by atomic mass is 32.2. The first-order chi connectivity index (χ1) is 8.77. The maximum atomic E-state index is 12.0. The average molecular weight is 267 g/mol. The molecule has 100 valence electrons. The number of benzene rings is 1. The summed E-state index contributed by atoms with van der Waals surface area (Å²) in [6.07, 6.45) is 3.50. The lowest BCUT2D eigenvalue weighted by atomic mass is 10.2. The second-order valence-electron chi connectivity index (χ2n) is 4.12. The van der Waals surface area contributed by atoms with Gasteiger partial charge in [0.05, 0.1) is 6.61 Å². The molecule has 0 fully saturated rings. The molecule has 4 heteroatoms. The van der Waals surface area contributed by atoms with Gasteiger partial charge in [-0.2, -0.15) is 11.8 Å². The van der Waals surface area contributed by atoms with Crippen molar-refractivity contribution in [2.45, 2.75) is 19.4 Å². The Bertz CT molecular complexity index is 343. The van der Waals surface area contributed by atoms with Gasteiger partial charge in [-0.05, 0) is 24.0 Å². The van der Waals surface area contributed by atoms with Gasteiger partial charge in [0, 0.05) is 19.5 Å². The third-order valence-electron chi connectivity index (χ3n) is 2.68. The predicted molar refractivity (Wildman–Crippen MR) is 76.6 cm³/mol. The van der Waals surface area contributed by atoms with Gasteiger partial charge in [0.2, 0.25) is 5.91 Å². The maximum absolute atomic E-state index is 12.0. The van der Waals surface area contributed by atoms with E-state index in [1.54, 1.807) is 16.7 Å². The van der Waals surface area contributed by atoms with Gasteiger partial charge < -0.3 is 10.0 Å². The molecule has 1 N–H and O–H groups in total. The number of nitrogens with zero attached hydrogens (tertiary/aromatic N) is 1. The fraction of sp³-hybridized carbons (Fsp3) is 0.500. The van der Waals surface area contributed by atoms with Crippen LogP contribution >= 0.6 is 11.8 Å². The van der Waals surface area contributed by atoms with Crippen LogP contribution in [-0.4, -0.2) is 41.1 Å². The molecule has 0 aliphatic carbocycles. The monoisotopic (exact) mass is 267 g/mol. The van der Waals surface area contributed by atoms with E-state index < -0.39 is 0 Å². The topological polar surface area (TPSA) is 40.5 Å². The van der Waals surface area contributed by atoms with Crippen molar-refractivity contribution >= 4 is 17.7 Å². The van der Waals surface area contributed by atoms with Crippen LogP contribution in [0.15, 0.2) is 30.3 Å². The molecule has 0 aliphatic rings. The average Bonchev–Trinajstić information content (AvgIpc) is 2.39. The van der Waals surface area contributed by atoms with Crippen molar-refractivity contribution in [1.29, 1.82) is 0 Å². The van der Waals surface area contributed by atoms with Gasteiger partial charge in [-0.25, -0.2) is 0 Å². The van der Waals surface area contributed by atoms with Crippen LogP contribution in [0.3, 0.4) is 0 Å². The third-order valence-corrected chi connectivity index (χ3v) is 3.37. The van der Waals surface area contributed by atoms with E-state index in [0.717, 1.165) is 17.7 Å². The quantitative estimate of drug-likeness (QED) is 0.734. The molecule has 1 rings (SSSR count). The fourth-order valence-electron chi connectivity index (χ4n) is 1.74. The number of aliphatic hydroxyl groups excluding tert-OH is 1. The van der Waals surface area contributed by atoms with Gasteiger partial charge >= 0.3 is 0 Å². The van der Waals surface area contributed by atoms with Gasteiger partial charge in [-0.1, -0.05) is 30.3 Å². The molecule has 1 aromatic carbocycles. The molecular weight excluding hydrogens is 246 g/mol. The van der Waals surface area contributed by atoms with E-state index in [9.17, 15) is 4.79 Å². The number of carbonyl (C=O) groups is 1. The Hall–Kier alpha value is -1.00. The van der Waals surface area contributed by atoms with Crippen LogP contribution in [0.25, 0.3) is 0 Å². The first kappa shape index (κ1) is 15.1. The van der Waals surface area contributed by atoms with Gasteiger partial charge in [0.25, 0.3) is 0 Å². The van der Waals surface area contributed by atoms with E-state index in [1.165, 1.54) is 0 Å². The molecule has 0 saturated carbocycles. The van der Waals surface area contributed by atoms with Crippen LogP contribution < -0.4 is 0 Å². The molecule has 0 heterocycles. The SMILES string of the molecule is CSCCCC(=O)N(CCO)Cc1ccccc1. The lowest BCUT2D eigenvalue weighted by Crippen LogP contribution is -2.33. The number of amides is 1. The summed E-state index contributed by atoms with van der Waals surface area (Å²) >= 11 is 1.75. The van der Waals surface area contributed by atoms with E-state index in [4.69, 9.17) is 5.11 Å². The summed E-state index contributed by atoms with van der Waals surface area (Å²) < 4.78 is 0. The van der Waals surface area contributed by atoms with E-state index in [2.05, 4.69) is 0 Å². The van der Waals surface area contributed by atoms with E-state index >= 15 is 0 Å². The fourth-order valence-corrected chi connectivity index (χ4v) is 2.18. The van der Waals surface area contributed by atoms with Crippen molar-refractivity contribution in [2.24, 2.45) is 0 Å². The molecule has 0 radical (unpaired) electrons. The molecule has 0 saturated heterocycles. The van der Waals surface area contributed by atoms with Crippen molar-refractivity contribution in [1.82, 2.24) is 4.90 Å². The second kappa shape index (κ2) is 9.00. The largest absolute Gasteiger partial charge is 0.395 e. The zero-order valence-electron chi connectivity index (χ0n) is 10.8. The van der Waals surface area contributed by atoms with Gasteiger partial charge in [-0.3, -0.25) is 4.79 Å². The molecule has 1 amide bonds. The summed E-state index contributed by atoms with van der Waals surface area (Å²) in [7, 11) is 0. The van der Waals surface area contributed by atoms with Crippen molar-refractivity contribution in [3.63, 3.8) is 0 Å². The van der Waals surface area contributed by atoms with Crippen molar-refractivity contribution < 1.29 is 9.90 Å². The van der Waals surface area contributed by atoms with Crippen LogP contribution in [-0.2, 0) is 11.3 Å². The van der Waals surface area contributed by atoms with Crippen LogP contribution in [0.4, 0.5) is 0 Å². The Kier molecular flexibility index (Phi) is 7.53. The Morgan fingerprint density at radius 2 is 2.06 bits per heavy atom. The van der Waals surface area contributed by atoms with Crippen LogP contribution in [0.5, 0.6) is 0 Å². The first-order valence-corrected chi connectivity index (χ1v) is 7.58. The molecule has 18 heavy (non-hydrogen) atoms. The summed E-state index contributed by atoms with van der Waals surface area (Å²) in [5.74, 6) is 1.13. The van der Waals surface area contributed by atoms with Gasteiger partial charge in [0.1, 0.15) is 0 Å². The van der Waals surface area contributed by atoms with E-state index in [-0.39, 0.29) is 12.5 Å². The highest BCUT2D eigenvalue weighted by Gasteiger charge is 2.12. The Labute approximate surface area is 113 Å². The molecule has 3 nitrogen and oxygen atoms in total. The summed E-state index contributed by atoms with van der Waals surface area (Å²) in [6.45, 7) is 1.01. The molecule has 0 aliphatic heterocycles. The summed E-state index contributed by atoms with van der Waals surface area (Å²) in [4.78, 5) is 13.7.